The summed E-state index contributed by atoms with van der Waals surface area (Å²) in [6.07, 6.45) is 0. The van der Waals surface area contributed by atoms with Crippen molar-refractivity contribution in [2.24, 2.45) is 0 Å². The number of rotatable bonds is 3. The van der Waals surface area contributed by atoms with Crippen molar-refractivity contribution < 1.29 is 14.3 Å². The maximum Gasteiger partial charge on any atom is 0.255 e. The standard InChI is InChI=1S/C15H17N3O3/c1-8(11-4-5-12-13(6-11)21-7-20-12)16-15(19)14-9(2)17-18-10(14)3/h4-6,8H,7H2,1-3H3,(H,16,19)(H,17,18). The molecule has 1 aliphatic heterocycles. The molecule has 0 bridgehead atoms. The van der Waals surface area contributed by atoms with Crippen LogP contribution in [0, 0.1) is 13.8 Å². The lowest BCUT2D eigenvalue weighted by molar-refractivity contribution is 0.0938. The van der Waals surface area contributed by atoms with E-state index >= 15 is 0 Å². The minimum Gasteiger partial charge on any atom is -0.454 e. The predicted octanol–water partition coefficient (Wildman–Crippen LogP) is 2.25. The summed E-state index contributed by atoms with van der Waals surface area (Å²) in [5.74, 6) is 1.31. The first-order chi connectivity index (χ1) is 10.1. The van der Waals surface area contributed by atoms with Gasteiger partial charge in [-0.1, -0.05) is 6.07 Å². The zero-order valence-corrected chi connectivity index (χ0v) is 12.2. The van der Waals surface area contributed by atoms with Crippen LogP contribution < -0.4 is 14.8 Å². The number of H-pyrrole nitrogens is 1. The number of aryl methyl sites for hydroxylation is 2. The van der Waals surface area contributed by atoms with Gasteiger partial charge in [0.05, 0.1) is 17.3 Å². The van der Waals surface area contributed by atoms with Crippen molar-refractivity contribution in [3.05, 3.63) is 40.7 Å². The van der Waals surface area contributed by atoms with Gasteiger partial charge in [-0.05, 0) is 38.5 Å². The van der Waals surface area contributed by atoms with Gasteiger partial charge in [0.15, 0.2) is 11.5 Å². The van der Waals surface area contributed by atoms with Gasteiger partial charge in [0, 0.05) is 5.69 Å². The third kappa shape index (κ3) is 2.44. The molecule has 0 fully saturated rings. The fourth-order valence-corrected chi connectivity index (χ4v) is 2.42. The van der Waals surface area contributed by atoms with E-state index in [0.29, 0.717) is 17.0 Å². The number of hydrogen-bond donors (Lipinski definition) is 2. The van der Waals surface area contributed by atoms with Crippen LogP contribution >= 0.6 is 0 Å². The Labute approximate surface area is 122 Å². The molecule has 110 valence electrons. The summed E-state index contributed by atoms with van der Waals surface area (Å²) in [5.41, 5.74) is 3.03. The molecule has 6 heteroatoms. The molecular weight excluding hydrogens is 270 g/mol. The molecule has 0 saturated carbocycles. The monoisotopic (exact) mass is 287 g/mol. The van der Waals surface area contributed by atoms with E-state index < -0.39 is 0 Å². The first kappa shape index (κ1) is 13.5. The number of carbonyl (C=O) groups is 1. The third-order valence-electron chi connectivity index (χ3n) is 3.60. The van der Waals surface area contributed by atoms with Gasteiger partial charge in [-0.3, -0.25) is 9.89 Å². The smallest absolute Gasteiger partial charge is 0.255 e. The summed E-state index contributed by atoms with van der Waals surface area (Å²) in [6, 6.07) is 5.53. The van der Waals surface area contributed by atoms with Crippen molar-refractivity contribution in [1.29, 1.82) is 0 Å². The maximum absolute atomic E-state index is 12.3. The van der Waals surface area contributed by atoms with Crippen LogP contribution in [0.4, 0.5) is 0 Å². The average molecular weight is 287 g/mol. The van der Waals surface area contributed by atoms with E-state index in [9.17, 15) is 4.79 Å². The number of fused-ring (bicyclic) bond motifs is 1. The van der Waals surface area contributed by atoms with Crippen LogP contribution in [-0.2, 0) is 0 Å². The van der Waals surface area contributed by atoms with E-state index in [4.69, 9.17) is 9.47 Å². The molecule has 1 unspecified atom stereocenters. The van der Waals surface area contributed by atoms with Crippen LogP contribution in [0.25, 0.3) is 0 Å². The Morgan fingerprint density at radius 3 is 2.81 bits per heavy atom. The van der Waals surface area contributed by atoms with Gasteiger partial charge in [-0.15, -0.1) is 0 Å². The fourth-order valence-electron chi connectivity index (χ4n) is 2.42. The highest BCUT2D eigenvalue weighted by Gasteiger charge is 2.20. The lowest BCUT2D eigenvalue weighted by Crippen LogP contribution is -2.27. The molecule has 0 radical (unpaired) electrons. The van der Waals surface area contributed by atoms with Crippen LogP contribution in [0.15, 0.2) is 18.2 Å². The van der Waals surface area contributed by atoms with E-state index in [1.165, 1.54) is 0 Å². The summed E-state index contributed by atoms with van der Waals surface area (Å²) in [5, 5.41) is 9.84. The van der Waals surface area contributed by atoms with Crippen LogP contribution in [0.3, 0.4) is 0 Å². The van der Waals surface area contributed by atoms with Gasteiger partial charge in [0.2, 0.25) is 6.79 Å². The Hall–Kier alpha value is -2.50. The van der Waals surface area contributed by atoms with Crippen LogP contribution in [0.1, 0.15) is 40.3 Å². The summed E-state index contributed by atoms with van der Waals surface area (Å²) < 4.78 is 10.6. The second-order valence-electron chi connectivity index (χ2n) is 5.12. The third-order valence-corrected chi connectivity index (χ3v) is 3.60. The minimum absolute atomic E-state index is 0.135. The molecule has 0 saturated heterocycles. The Kier molecular flexibility index (Phi) is 3.29. The van der Waals surface area contributed by atoms with Crippen molar-refractivity contribution >= 4 is 5.91 Å². The number of ether oxygens (including phenoxy) is 2. The molecule has 6 nitrogen and oxygen atoms in total. The number of carbonyl (C=O) groups excluding carboxylic acids is 1. The van der Waals surface area contributed by atoms with Gasteiger partial charge in [0.1, 0.15) is 0 Å². The van der Waals surface area contributed by atoms with E-state index in [-0.39, 0.29) is 18.7 Å². The number of nitrogens with zero attached hydrogens (tertiary/aromatic N) is 1. The van der Waals surface area contributed by atoms with Gasteiger partial charge in [-0.2, -0.15) is 5.10 Å². The SMILES string of the molecule is Cc1n[nH]c(C)c1C(=O)NC(C)c1ccc2c(c1)OCO2. The predicted molar refractivity (Wildman–Crippen MR) is 76.5 cm³/mol. The number of aromatic amines is 1. The highest BCUT2D eigenvalue weighted by Crippen LogP contribution is 2.34. The maximum atomic E-state index is 12.3. The largest absolute Gasteiger partial charge is 0.454 e. The van der Waals surface area contributed by atoms with E-state index in [1.54, 1.807) is 0 Å². The Morgan fingerprint density at radius 1 is 1.33 bits per heavy atom. The van der Waals surface area contributed by atoms with Gasteiger partial charge >= 0.3 is 0 Å². The zero-order chi connectivity index (χ0) is 15.0. The molecule has 1 amide bonds. The number of nitrogens with one attached hydrogen (secondary N) is 2. The second-order valence-corrected chi connectivity index (χ2v) is 5.12. The molecule has 0 spiro atoms. The van der Waals surface area contributed by atoms with Crippen molar-refractivity contribution in [2.45, 2.75) is 26.8 Å². The van der Waals surface area contributed by atoms with Crippen LogP contribution in [0.5, 0.6) is 11.5 Å². The minimum atomic E-state index is -0.138. The number of aromatic nitrogens is 2. The first-order valence-corrected chi connectivity index (χ1v) is 6.78. The molecule has 2 N–H and O–H groups in total. The van der Waals surface area contributed by atoms with Crippen LogP contribution in [0.2, 0.25) is 0 Å². The van der Waals surface area contributed by atoms with E-state index in [2.05, 4.69) is 15.5 Å². The van der Waals surface area contributed by atoms with E-state index in [1.807, 2.05) is 39.0 Å². The fraction of sp³-hybridized carbons (Fsp3) is 0.333. The van der Waals surface area contributed by atoms with E-state index in [0.717, 1.165) is 17.0 Å². The van der Waals surface area contributed by atoms with Crippen molar-refractivity contribution in [3.8, 4) is 11.5 Å². The summed E-state index contributed by atoms with van der Waals surface area (Å²) >= 11 is 0. The van der Waals surface area contributed by atoms with Crippen molar-refractivity contribution in [3.63, 3.8) is 0 Å². The molecule has 1 aliphatic rings. The summed E-state index contributed by atoms with van der Waals surface area (Å²) in [4.78, 5) is 12.3. The van der Waals surface area contributed by atoms with Crippen molar-refractivity contribution in [2.75, 3.05) is 6.79 Å². The van der Waals surface area contributed by atoms with Gasteiger partial charge in [0.25, 0.3) is 5.91 Å². The molecule has 0 aliphatic carbocycles. The van der Waals surface area contributed by atoms with Gasteiger partial charge in [-0.25, -0.2) is 0 Å². The number of benzene rings is 1. The molecular formula is C15H17N3O3. The molecule has 1 aromatic carbocycles. The Morgan fingerprint density at radius 2 is 2.10 bits per heavy atom. The molecule has 21 heavy (non-hydrogen) atoms. The molecule has 1 aromatic heterocycles. The highest BCUT2D eigenvalue weighted by atomic mass is 16.7. The number of hydrogen-bond acceptors (Lipinski definition) is 4. The molecule has 3 rings (SSSR count). The summed E-state index contributed by atoms with van der Waals surface area (Å²) in [7, 11) is 0. The van der Waals surface area contributed by atoms with Gasteiger partial charge < -0.3 is 14.8 Å². The highest BCUT2D eigenvalue weighted by molar-refractivity contribution is 5.96. The average Bonchev–Trinajstić information content (AvgIpc) is 3.04. The van der Waals surface area contributed by atoms with Crippen LogP contribution in [-0.4, -0.2) is 22.9 Å². The lowest BCUT2D eigenvalue weighted by Gasteiger charge is -2.15. The Balaban J connectivity index is 1.77. The molecule has 2 heterocycles. The molecule has 2 aromatic rings. The molecule has 1 atom stereocenters. The quantitative estimate of drug-likeness (QED) is 0.907. The summed E-state index contributed by atoms with van der Waals surface area (Å²) in [6.45, 7) is 5.82. The topological polar surface area (TPSA) is 76.2 Å². The Bertz CT molecular complexity index is 674. The normalized spacial score (nSPS) is 14.0. The number of amides is 1. The first-order valence-electron chi connectivity index (χ1n) is 6.78. The van der Waals surface area contributed by atoms with Crippen molar-refractivity contribution in [1.82, 2.24) is 15.5 Å². The zero-order valence-electron chi connectivity index (χ0n) is 12.2. The lowest BCUT2D eigenvalue weighted by atomic mass is 10.1. The second kappa shape index (κ2) is 5.12.